The van der Waals surface area contributed by atoms with E-state index < -0.39 is 0 Å². The Balaban J connectivity index is 0.00000156. The molecule has 1 saturated heterocycles. The third-order valence-electron chi connectivity index (χ3n) is 4.56. The van der Waals surface area contributed by atoms with E-state index in [1.165, 1.54) is 0 Å². The number of amides is 1. The number of carbonyl (C=O) groups is 1. The van der Waals surface area contributed by atoms with Crippen molar-refractivity contribution in [3.63, 3.8) is 0 Å². The van der Waals surface area contributed by atoms with Crippen LogP contribution in [0.4, 0.5) is 0 Å². The van der Waals surface area contributed by atoms with Crippen LogP contribution < -0.4 is 5.73 Å². The zero-order valence-electron chi connectivity index (χ0n) is 14.7. The number of hydrogen-bond acceptors (Lipinski definition) is 4. The molecule has 2 aromatic rings. The van der Waals surface area contributed by atoms with E-state index >= 15 is 0 Å². The highest BCUT2D eigenvalue weighted by Gasteiger charge is 2.35. The van der Waals surface area contributed by atoms with Crippen LogP contribution in [-0.2, 0) is 0 Å². The number of carbonyl (C=O) groups excluding carboxylic acids is 1. The number of hydrogen-bond donors (Lipinski definition) is 1. The van der Waals surface area contributed by atoms with Gasteiger partial charge in [0, 0.05) is 25.0 Å². The second-order valence-corrected chi connectivity index (χ2v) is 6.74. The van der Waals surface area contributed by atoms with E-state index in [0.29, 0.717) is 18.7 Å². The van der Waals surface area contributed by atoms with Crippen molar-refractivity contribution < 1.29 is 4.79 Å². The molecule has 6 nitrogen and oxygen atoms in total. The van der Waals surface area contributed by atoms with Crippen LogP contribution in [0, 0.1) is 19.3 Å². The van der Waals surface area contributed by atoms with Gasteiger partial charge in [0.25, 0.3) is 5.91 Å². The van der Waals surface area contributed by atoms with Gasteiger partial charge in [-0.25, -0.2) is 9.67 Å². The second-order valence-electron chi connectivity index (χ2n) is 6.74. The highest BCUT2D eigenvalue weighted by molar-refractivity contribution is 5.94. The Labute approximate surface area is 160 Å². The molecule has 3 heterocycles. The molecule has 1 aliphatic rings. The Hall–Kier alpha value is -1.63. The third kappa shape index (κ3) is 4.32. The number of pyridine rings is 1. The Morgan fingerprint density at radius 2 is 2.04 bits per heavy atom. The second kappa shape index (κ2) is 8.17. The lowest BCUT2D eigenvalue weighted by atomic mass is 9.90. The molecule has 0 aliphatic carbocycles. The van der Waals surface area contributed by atoms with Crippen molar-refractivity contribution in [1.82, 2.24) is 19.7 Å². The van der Waals surface area contributed by atoms with E-state index in [9.17, 15) is 4.79 Å². The molecule has 8 heteroatoms. The zero-order chi connectivity index (χ0) is 16.6. The molecule has 1 unspecified atom stereocenters. The van der Waals surface area contributed by atoms with Crippen LogP contribution >= 0.6 is 24.8 Å². The number of likely N-dealkylation sites (tertiary alicyclic amines) is 1. The summed E-state index contributed by atoms with van der Waals surface area (Å²) in [5, 5.41) is 4.41. The summed E-state index contributed by atoms with van der Waals surface area (Å²) in [6, 6.07) is 5.66. The van der Waals surface area contributed by atoms with Crippen LogP contribution in [-0.4, -0.2) is 45.2 Å². The predicted octanol–water partition coefficient (Wildman–Crippen LogP) is 2.54. The maximum absolute atomic E-state index is 12.6. The molecule has 0 radical (unpaired) electrons. The van der Waals surface area contributed by atoms with Crippen LogP contribution in [0.2, 0.25) is 0 Å². The van der Waals surface area contributed by atoms with Crippen LogP contribution in [0.25, 0.3) is 5.82 Å². The molecular weight excluding hydrogens is 361 g/mol. The molecule has 0 spiro atoms. The fourth-order valence-corrected chi connectivity index (χ4v) is 3.04. The molecule has 25 heavy (non-hydrogen) atoms. The maximum atomic E-state index is 12.6. The van der Waals surface area contributed by atoms with Gasteiger partial charge in [-0.3, -0.25) is 4.79 Å². The minimum atomic E-state index is 0. The molecule has 1 aliphatic heterocycles. The maximum Gasteiger partial charge on any atom is 0.255 e. The van der Waals surface area contributed by atoms with Gasteiger partial charge in [-0.1, -0.05) is 6.92 Å². The van der Waals surface area contributed by atoms with Crippen molar-refractivity contribution in [1.29, 1.82) is 0 Å². The zero-order valence-corrected chi connectivity index (χ0v) is 16.4. The summed E-state index contributed by atoms with van der Waals surface area (Å²) in [5.74, 6) is 0.745. The van der Waals surface area contributed by atoms with Gasteiger partial charge in [-0.15, -0.1) is 24.8 Å². The normalized spacial score (nSPS) is 19.3. The largest absolute Gasteiger partial charge is 0.338 e. The van der Waals surface area contributed by atoms with Gasteiger partial charge < -0.3 is 10.6 Å². The number of aryl methyl sites for hydroxylation is 2. The molecule has 3 rings (SSSR count). The number of nitrogens with zero attached hydrogens (tertiary/aromatic N) is 4. The van der Waals surface area contributed by atoms with Crippen molar-refractivity contribution in [2.75, 3.05) is 19.6 Å². The first-order valence-corrected chi connectivity index (χ1v) is 7.91. The molecule has 1 atom stereocenters. The highest BCUT2D eigenvalue weighted by Crippen LogP contribution is 2.29. The summed E-state index contributed by atoms with van der Waals surface area (Å²) in [6.07, 6.45) is 2.58. The lowest BCUT2D eigenvalue weighted by Crippen LogP contribution is -2.34. The Morgan fingerprint density at radius 1 is 1.32 bits per heavy atom. The Bertz CT molecular complexity index is 731. The van der Waals surface area contributed by atoms with Gasteiger partial charge in [0.15, 0.2) is 5.82 Å². The predicted molar refractivity (Wildman–Crippen MR) is 103 cm³/mol. The summed E-state index contributed by atoms with van der Waals surface area (Å²) >= 11 is 0. The topological polar surface area (TPSA) is 77.0 Å². The Morgan fingerprint density at radius 3 is 2.52 bits per heavy atom. The third-order valence-corrected chi connectivity index (χ3v) is 4.56. The molecule has 138 valence electrons. The molecule has 2 aromatic heterocycles. The summed E-state index contributed by atoms with van der Waals surface area (Å²) in [7, 11) is 0. The quantitative estimate of drug-likeness (QED) is 0.880. The van der Waals surface area contributed by atoms with E-state index in [4.69, 9.17) is 5.73 Å². The van der Waals surface area contributed by atoms with Crippen molar-refractivity contribution in [3.8, 4) is 5.82 Å². The van der Waals surface area contributed by atoms with Crippen molar-refractivity contribution in [3.05, 3.63) is 41.3 Å². The average molecular weight is 386 g/mol. The van der Waals surface area contributed by atoms with Gasteiger partial charge in [-0.2, -0.15) is 5.10 Å². The number of halogens is 2. The van der Waals surface area contributed by atoms with E-state index in [1.807, 2.05) is 36.9 Å². The van der Waals surface area contributed by atoms with E-state index in [-0.39, 0.29) is 36.1 Å². The lowest BCUT2D eigenvalue weighted by Gasteiger charge is -2.22. The van der Waals surface area contributed by atoms with Gasteiger partial charge >= 0.3 is 0 Å². The SMILES string of the molecule is Cc1cc(C)n(-c2ccc(C(=O)N3CCC(C)(CN)C3)cn2)n1.Cl.Cl. The van der Waals surface area contributed by atoms with Crippen LogP contribution in [0.15, 0.2) is 24.4 Å². The minimum absolute atomic E-state index is 0. The molecule has 0 aromatic carbocycles. The standard InChI is InChI=1S/C17H23N5O.2ClH/c1-12-8-13(2)22(20-12)15-5-4-14(9-19-15)16(23)21-7-6-17(3,10-18)11-21;;/h4-5,8-9H,6-7,10-11,18H2,1-3H3;2*1H. The minimum Gasteiger partial charge on any atom is -0.338 e. The van der Waals surface area contributed by atoms with Crippen LogP contribution in [0.5, 0.6) is 0 Å². The molecule has 0 bridgehead atoms. The lowest BCUT2D eigenvalue weighted by molar-refractivity contribution is 0.0776. The average Bonchev–Trinajstić information content (AvgIpc) is 3.10. The first-order chi connectivity index (χ1) is 10.9. The van der Waals surface area contributed by atoms with Crippen molar-refractivity contribution in [2.24, 2.45) is 11.1 Å². The highest BCUT2D eigenvalue weighted by atomic mass is 35.5. The number of nitrogens with two attached hydrogens (primary N) is 1. The summed E-state index contributed by atoms with van der Waals surface area (Å²) in [4.78, 5) is 18.9. The van der Waals surface area contributed by atoms with Gasteiger partial charge in [-0.05, 0) is 50.4 Å². The summed E-state index contributed by atoms with van der Waals surface area (Å²) in [5.41, 5.74) is 8.42. The summed E-state index contributed by atoms with van der Waals surface area (Å²) < 4.78 is 1.78. The van der Waals surface area contributed by atoms with Gasteiger partial charge in [0.2, 0.25) is 0 Å². The number of aromatic nitrogens is 3. The Kier molecular flexibility index (Phi) is 6.99. The van der Waals surface area contributed by atoms with E-state index in [2.05, 4.69) is 17.0 Å². The molecule has 1 fully saturated rings. The first-order valence-electron chi connectivity index (χ1n) is 7.91. The van der Waals surface area contributed by atoms with Crippen LogP contribution in [0.3, 0.4) is 0 Å². The molecule has 2 N–H and O–H groups in total. The molecular formula is C17H25Cl2N5O. The van der Waals surface area contributed by atoms with Gasteiger partial charge in [0.1, 0.15) is 0 Å². The smallest absolute Gasteiger partial charge is 0.255 e. The van der Waals surface area contributed by atoms with E-state index in [0.717, 1.165) is 30.2 Å². The monoisotopic (exact) mass is 385 g/mol. The molecule has 0 saturated carbocycles. The van der Waals surface area contributed by atoms with E-state index in [1.54, 1.807) is 10.9 Å². The molecule has 1 amide bonds. The fourth-order valence-electron chi connectivity index (χ4n) is 3.04. The number of rotatable bonds is 3. The van der Waals surface area contributed by atoms with Crippen molar-refractivity contribution >= 4 is 30.7 Å². The first kappa shape index (κ1) is 21.4. The van der Waals surface area contributed by atoms with Crippen molar-refractivity contribution in [2.45, 2.75) is 27.2 Å². The van der Waals surface area contributed by atoms with Gasteiger partial charge in [0.05, 0.1) is 11.3 Å². The summed E-state index contributed by atoms with van der Waals surface area (Å²) in [6.45, 7) is 8.13. The fraction of sp³-hybridized carbons (Fsp3) is 0.471. The van der Waals surface area contributed by atoms with Crippen LogP contribution in [0.1, 0.15) is 35.1 Å².